The molecule has 1 fully saturated rings. The van der Waals surface area contributed by atoms with Crippen LogP contribution < -0.4 is 0 Å². The Morgan fingerprint density at radius 1 is 1.05 bits per heavy atom. The Kier molecular flexibility index (Phi) is 3.31. The summed E-state index contributed by atoms with van der Waals surface area (Å²) in [5.74, 6) is 1.30. The predicted octanol–water partition coefficient (Wildman–Crippen LogP) is 3.76. The summed E-state index contributed by atoms with van der Waals surface area (Å²) in [7, 11) is 0. The highest BCUT2D eigenvalue weighted by Crippen LogP contribution is 2.30. The van der Waals surface area contributed by atoms with E-state index in [4.69, 9.17) is 4.74 Å². The van der Waals surface area contributed by atoms with Crippen LogP contribution in [0.1, 0.15) is 18.9 Å². The summed E-state index contributed by atoms with van der Waals surface area (Å²) in [6.45, 7) is 1.64. The van der Waals surface area contributed by atoms with Crippen molar-refractivity contribution in [2.24, 2.45) is 0 Å². The third kappa shape index (κ3) is 2.35. The highest BCUT2D eigenvalue weighted by molar-refractivity contribution is 5.87. The van der Waals surface area contributed by atoms with E-state index >= 15 is 0 Å². The van der Waals surface area contributed by atoms with E-state index in [0.29, 0.717) is 11.8 Å². The molecule has 1 N–H and O–H groups in total. The Labute approximate surface area is 129 Å². The van der Waals surface area contributed by atoms with Gasteiger partial charge in [-0.2, -0.15) is 0 Å². The molecule has 2 heterocycles. The molecule has 0 bridgehead atoms. The zero-order chi connectivity index (χ0) is 14.9. The van der Waals surface area contributed by atoms with Gasteiger partial charge in [0.25, 0.3) is 0 Å². The summed E-state index contributed by atoms with van der Waals surface area (Å²) in [5, 5.41) is 11.7. The maximum atomic E-state index is 9.57. The van der Waals surface area contributed by atoms with Gasteiger partial charge in [0.1, 0.15) is 11.6 Å². The fourth-order valence-electron chi connectivity index (χ4n) is 3.17. The van der Waals surface area contributed by atoms with Crippen LogP contribution in [0.2, 0.25) is 0 Å². The number of phenols is 1. The molecule has 0 spiro atoms. The average Bonchev–Trinajstić information content (AvgIpc) is 3.05. The lowest BCUT2D eigenvalue weighted by molar-refractivity contribution is 0.0700. The van der Waals surface area contributed by atoms with Gasteiger partial charge < -0.3 is 14.4 Å². The van der Waals surface area contributed by atoms with Gasteiger partial charge in [0.2, 0.25) is 0 Å². The number of fused-ring (bicyclic) bond motifs is 1. The first-order chi connectivity index (χ1) is 10.8. The van der Waals surface area contributed by atoms with Gasteiger partial charge in [0.05, 0.1) is 0 Å². The monoisotopic (exact) mass is 294 g/mol. The smallest absolute Gasteiger partial charge is 0.140 e. The Balaban J connectivity index is 1.75. The van der Waals surface area contributed by atoms with Crippen molar-refractivity contribution >= 4 is 10.8 Å². The third-order valence-corrected chi connectivity index (χ3v) is 4.33. The second-order valence-corrected chi connectivity index (χ2v) is 5.75. The van der Waals surface area contributed by atoms with Crippen LogP contribution in [0.5, 0.6) is 5.75 Å². The first-order valence-corrected chi connectivity index (χ1v) is 7.65. The largest absolute Gasteiger partial charge is 0.508 e. The van der Waals surface area contributed by atoms with Gasteiger partial charge in [-0.15, -0.1) is 0 Å². The molecular formula is C18H18N2O2. The first kappa shape index (κ1) is 13.3. The van der Waals surface area contributed by atoms with Crippen LogP contribution in [0, 0.1) is 0 Å². The van der Waals surface area contributed by atoms with Crippen LogP contribution in [0.25, 0.3) is 22.2 Å². The molecule has 0 atom stereocenters. The fraction of sp³-hybridized carbons (Fsp3) is 0.278. The average molecular weight is 294 g/mol. The highest BCUT2D eigenvalue weighted by Gasteiger charge is 2.18. The molecule has 3 aromatic rings. The molecule has 1 aliphatic heterocycles. The molecule has 2 aromatic carbocycles. The van der Waals surface area contributed by atoms with E-state index < -0.39 is 0 Å². The van der Waals surface area contributed by atoms with E-state index in [2.05, 4.69) is 27.9 Å². The summed E-state index contributed by atoms with van der Waals surface area (Å²) in [6, 6.07) is 12.1. The van der Waals surface area contributed by atoms with Crippen molar-refractivity contribution in [3.63, 3.8) is 0 Å². The maximum absolute atomic E-state index is 9.57. The van der Waals surface area contributed by atoms with E-state index in [1.54, 1.807) is 12.1 Å². The van der Waals surface area contributed by atoms with E-state index in [1.165, 1.54) is 0 Å². The molecule has 22 heavy (non-hydrogen) atoms. The molecule has 0 unspecified atom stereocenters. The molecule has 0 amide bonds. The number of imidazole rings is 1. The molecule has 4 rings (SSSR count). The summed E-state index contributed by atoms with van der Waals surface area (Å²) >= 11 is 0. The number of phenolic OH excluding ortho intramolecular Hbond substituents is 1. The Morgan fingerprint density at radius 2 is 1.82 bits per heavy atom. The van der Waals surface area contributed by atoms with Gasteiger partial charge in [-0.25, -0.2) is 4.98 Å². The van der Waals surface area contributed by atoms with Crippen molar-refractivity contribution in [3.05, 3.63) is 48.8 Å². The van der Waals surface area contributed by atoms with Crippen LogP contribution in [0.4, 0.5) is 0 Å². The van der Waals surface area contributed by atoms with Crippen molar-refractivity contribution < 1.29 is 9.84 Å². The van der Waals surface area contributed by atoms with Crippen LogP contribution in [-0.2, 0) is 4.74 Å². The van der Waals surface area contributed by atoms with Crippen molar-refractivity contribution in [1.82, 2.24) is 9.55 Å². The summed E-state index contributed by atoms with van der Waals surface area (Å²) in [4.78, 5) is 4.56. The van der Waals surface area contributed by atoms with E-state index in [9.17, 15) is 5.11 Å². The summed E-state index contributed by atoms with van der Waals surface area (Å²) in [6.07, 6.45) is 5.99. The SMILES string of the molecule is Oc1ccc2cc(-c3nccn3C3CCOCC3)ccc2c1. The summed E-state index contributed by atoms with van der Waals surface area (Å²) < 4.78 is 7.72. The molecule has 1 saturated heterocycles. The zero-order valence-electron chi connectivity index (χ0n) is 12.3. The lowest BCUT2D eigenvalue weighted by Crippen LogP contribution is -2.19. The number of hydrogen-bond donors (Lipinski definition) is 1. The van der Waals surface area contributed by atoms with Crippen molar-refractivity contribution in [3.8, 4) is 17.1 Å². The van der Waals surface area contributed by atoms with Gasteiger partial charge in [0, 0.05) is 37.2 Å². The molecule has 1 aliphatic rings. The Bertz CT molecular complexity index is 804. The van der Waals surface area contributed by atoms with Crippen LogP contribution in [0.15, 0.2) is 48.8 Å². The molecule has 1 aromatic heterocycles. The quantitative estimate of drug-likeness (QED) is 0.783. The molecule has 0 saturated carbocycles. The normalized spacial score (nSPS) is 16.2. The number of hydrogen-bond acceptors (Lipinski definition) is 3. The standard InChI is InChI=1S/C18H18N2O2/c21-17-4-3-13-11-15(2-1-14(13)12-17)18-19-7-8-20(18)16-5-9-22-10-6-16/h1-4,7-8,11-12,16,21H,5-6,9-10H2. The van der Waals surface area contributed by atoms with Gasteiger partial charge in [-0.1, -0.05) is 18.2 Å². The van der Waals surface area contributed by atoms with Crippen molar-refractivity contribution in [1.29, 1.82) is 0 Å². The fourth-order valence-corrected chi connectivity index (χ4v) is 3.17. The lowest BCUT2D eigenvalue weighted by atomic mass is 10.0. The molecular weight excluding hydrogens is 276 g/mol. The summed E-state index contributed by atoms with van der Waals surface area (Å²) in [5.41, 5.74) is 1.11. The zero-order valence-corrected chi connectivity index (χ0v) is 12.3. The van der Waals surface area contributed by atoms with Crippen LogP contribution >= 0.6 is 0 Å². The Hall–Kier alpha value is -2.33. The van der Waals surface area contributed by atoms with Gasteiger partial charge >= 0.3 is 0 Å². The molecule has 112 valence electrons. The third-order valence-electron chi connectivity index (χ3n) is 4.33. The minimum Gasteiger partial charge on any atom is -0.508 e. The molecule has 0 radical (unpaired) electrons. The number of benzene rings is 2. The molecule has 4 nitrogen and oxygen atoms in total. The number of aromatic hydroxyl groups is 1. The van der Waals surface area contributed by atoms with Crippen molar-refractivity contribution in [2.75, 3.05) is 13.2 Å². The predicted molar refractivity (Wildman–Crippen MR) is 85.9 cm³/mol. The number of ether oxygens (including phenoxy) is 1. The number of rotatable bonds is 2. The van der Waals surface area contributed by atoms with Crippen molar-refractivity contribution in [2.45, 2.75) is 18.9 Å². The number of aromatic nitrogens is 2. The highest BCUT2D eigenvalue weighted by atomic mass is 16.5. The molecule has 0 aliphatic carbocycles. The first-order valence-electron chi connectivity index (χ1n) is 7.65. The van der Waals surface area contributed by atoms with Gasteiger partial charge in [-0.05, 0) is 41.8 Å². The van der Waals surface area contributed by atoms with E-state index in [-0.39, 0.29) is 0 Å². The van der Waals surface area contributed by atoms with Crippen LogP contribution in [-0.4, -0.2) is 27.9 Å². The minimum atomic E-state index is 0.295. The second kappa shape index (κ2) is 5.46. The van der Waals surface area contributed by atoms with E-state index in [1.807, 2.05) is 18.3 Å². The second-order valence-electron chi connectivity index (χ2n) is 5.75. The number of nitrogens with zero attached hydrogens (tertiary/aromatic N) is 2. The lowest BCUT2D eigenvalue weighted by Gasteiger charge is -2.25. The van der Waals surface area contributed by atoms with E-state index in [0.717, 1.165) is 48.2 Å². The maximum Gasteiger partial charge on any atom is 0.140 e. The minimum absolute atomic E-state index is 0.295. The molecule has 4 heteroatoms. The van der Waals surface area contributed by atoms with Crippen LogP contribution in [0.3, 0.4) is 0 Å². The topological polar surface area (TPSA) is 47.3 Å². The Morgan fingerprint density at radius 3 is 2.68 bits per heavy atom. The van der Waals surface area contributed by atoms with Gasteiger partial charge in [0.15, 0.2) is 0 Å². The van der Waals surface area contributed by atoms with Gasteiger partial charge in [-0.3, -0.25) is 0 Å².